The summed E-state index contributed by atoms with van der Waals surface area (Å²) in [4.78, 5) is 38.2. The molecule has 1 aromatic rings. The normalized spacial score (nSPS) is 22.9. The van der Waals surface area contributed by atoms with Crippen molar-refractivity contribution in [3.8, 4) is 5.75 Å². The van der Waals surface area contributed by atoms with Crippen molar-refractivity contribution in [1.29, 1.82) is 0 Å². The molecule has 0 radical (unpaired) electrons. The van der Waals surface area contributed by atoms with E-state index in [9.17, 15) is 14.4 Å². The number of rotatable bonds is 4. The number of amides is 2. The summed E-state index contributed by atoms with van der Waals surface area (Å²) < 4.78 is 5.43. The first-order valence-corrected chi connectivity index (χ1v) is 9.09. The van der Waals surface area contributed by atoms with E-state index in [2.05, 4.69) is 0 Å². The van der Waals surface area contributed by atoms with Crippen molar-refractivity contribution < 1.29 is 19.1 Å². The summed E-state index contributed by atoms with van der Waals surface area (Å²) in [6.07, 6.45) is 3.54. The number of ether oxygens (including phenoxy) is 1. The van der Waals surface area contributed by atoms with Crippen LogP contribution < -0.4 is 4.74 Å². The van der Waals surface area contributed by atoms with Crippen molar-refractivity contribution >= 4 is 29.4 Å². The number of hydrogen-bond donors (Lipinski definition) is 0. The van der Waals surface area contributed by atoms with E-state index in [1.807, 2.05) is 13.8 Å². The Bertz CT molecular complexity index is 683. The predicted octanol–water partition coefficient (Wildman–Crippen LogP) is 3.43. The van der Waals surface area contributed by atoms with Gasteiger partial charge in [-0.05, 0) is 49.9 Å². The zero-order valence-corrected chi connectivity index (χ0v) is 15.3. The molecule has 1 heterocycles. The predicted molar refractivity (Wildman–Crippen MR) is 93.3 cm³/mol. The van der Waals surface area contributed by atoms with Crippen LogP contribution in [0.3, 0.4) is 0 Å². The number of fused-ring (bicyclic) bond motifs is 1. The van der Waals surface area contributed by atoms with Gasteiger partial charge >= 0.3 is 5.97 Å². The highest BCUT2D eigenvalue weighted by Gasteiger charge is 2.47. The zero-order valence-electron chi connectivity index (χ0n) is 14.5. The van der Waals surface area contributed by atoms with E-state index in [4.69, 9.17) is 16.3 Å². The molecule has 0 bridgehead atoms. The molecule has 0 N–H and O–H groups in total. The number of halogens is 1. The van der Waals surface area contributed by atoms with Crippen molar-refractivity contribution in [2.24, 2.45) is 11.8 Å². The largest absolute Gasteiger partial charge is 0.426 e. The maximum atomic E-state index is 12.4. The van der Waals surface area contributed by atoms with Crippen LogP contribution in [0.2, 0.25) is 5.02 Å². The molecule has 1 saturated carbocycles. The fraction of sp³-hybridized carbons (Fsp3) is 0.526. The maximum absolute atomic E-state index is 12.4. The SMILES string of the molecule is Cc1cc(Cl)cc(C)c1OC(=O)CCN1C(=O)[C@@H]2CCCC[C@H]2C1=O. The van der Waals surface area contributed by atoms with Gasteiger partial charge in [-0.3, -0.25) is 19.3 Å². The Morgan fingerprint density at radius 3 is 2.16 bits per heavy atom. The van der Waals surface area contributed by atoms with Crippen LogP contribution in [-0.2, 0) is 14.4 Å². The minimum absolute atomic E-state index is 0.00156. The second-order valence-corrected chi connectivity index (χ2v) is 7.35. The molecule has 134 valence electrons. The lowest BCUT2D eigenvalue weighted by atomic mass is 9.81. The van der Waals surface area contributed by atoms with Crippen LogP contribution in [0.25, 0.3) is 0 Å². The summed E-state index contributed by atoms with van der Waals surface area (Å²) in [5.74, 6) is -0.579. The molecule has 5 nitrogen and oxygen atoms in total. The van der Waals surface area contributed by atoms with Gasteiger partial charge in [-0.2, -0.15) is 0 Å². The highest BCUT2D eigenvalue weighted by molar-refractivity contribution is 6.30. The number of likely N-dealkylation sites (tertiary alicyclic amines) is 1. The highest BCUT2D eigenvalue weighted by Crippen LogP contribution is 2.38. The number of aryl methyl sites for hydroxylation is 2. The van der Waals surface area contributed by atoms with Gasteiger partial charge in [-0.15, -0.1) is 0 Å². The molecular formula is C19H22ClNO4. The molecule has 1 aromatic carbocycles. The van der Waals surface area contributed by atoms with Gasteiger partial charge in [-0.1, -0.05) is 24.4 Å². The minimum Gasteiger partial charge on any atom is -0.426 e. The highest BCUT2D eigenvalue weighted by atomic mass is 35.5. The van der Waals surface area contributed by atoms with E-state index in [-0.39, 0.29) is 36.6 Å². The second-order valence-electron chi connectivity index (χ2n) is 6.92. The third-order valence-corrected chi connectivity index (χ3v) is 5.33. The number of carbonyl (C=O) groups excluding carboxylic acids is 3. The first-order chi connectivity index (χ1) is 11.9. The molecule has 0 spiro atoms. The number of benzene rings is 1. The molecule has 2 aliphatic rings. The number of imide groups is 1. The Balaban J connectivity index is 1.61. The lowest BCUT2D eigenvalue weighted by Gasteiger charge is -2.19. The average Bonchev–Trinajstić information content (AvgIpc) is 2.81. The summed E-state index contributed by atoms with van der Waals surface area (Å²) in [5, 5.41) is 0.589. The van der Waals surface area contributed by atoms with Gasteiger partial charge in [0, 0.05) is 11.6 Å². The van der Waals surface area contributed by atoms with Crippen molar-refractivity contribution in [2.75, 3.05) is 6.54 Å². The van der Waals surface area contributed by atoms with E-state index in [1.54, 1.807) is 12.1 Å². The summed E-state index contributed by atoms with van der Waals surface area (Å²) >= 11 is 5.98. The minimum atomic E-state index is -0.455. The van der Waals surface area contributed by atoms with Gasteiger partial charge < -0.3 is 4.74 Å². The Labute approximate surface area is 152 Å². The van der Waals surface area contributed by atoms with Gasteiger partial charge in [0.25, 0.3) is 0 Å². The Hall–Kier alpha value is -1.88. The first-order valence-electron chi connectivity index (χ1n) is 8.71. The van der Waals surface area contributed by atoms with Gasteiger partial charge in [0.15, 0.2) is 0 Å². The Morgan fingerprint density at radius 2 is 1.64 bits per heavy atom. The van der Waals surface area contributed by atoms with E-state index >= 15 is 0 Å². The smallest absolute Gasteiger partial charge is 0.313 e. The number of carbonyl (C=O) groups is 3. The molecule has 3 rings (SSSR count). The van der Waals surface area contributed by atoms with E-state index in [1.165, 1.54) is 4.90 Å². The quantitative estimate of drug-likeness (QED) is 0.467. The van der Waals surface area contributed by atoms with E-state index < -0.39 is 5.97 Å². The van der Waals surface area contributed by atoms with Crippen LogP contribution in [0.4, 0.5) is 0 Å². The van der Waals surface area contributed by atoms with Gasteiger partial charge in [0.1, 0.15) is 5.75 Å². The molecule has 1 aliphatic carbocycles. The second kappa shape index (κ2) is 7.16. The zero-order chi connectivity index (χ0) is 18.1. The van der Waals surface area contributed by atoms with Crippen molar-refractivity contribution in [1.82, 2.24) is 4.90 Å². The lowest BCUT2D eigenvalue weighted by molar-refractivity contribution is -0.141. The standard InChI is InChI=1S/C19H22ClNO4/c1-11-9-13(20)10-12(2)17(11)25-16(22)7-8-21-18(23)14-5-3-4-6-15(14)19(21)24/h9-10,14-15H,3-8H2,1-2H3/t14-,15-/m1/s1. The van der Waals surface area contributed by atoms with E-state index in [0.29, 0.717) is 10.8 Å². The van der Waals surface area contributed by atoms with Crippen LogP contribution in [0.5, 0.6) is 5.75 Å². The third-order valence-electron chi connectivity index (χ3n) is 5.11. The summed E-state index contributed by atoms with van der Waals surface area (Å²) in [7, 11) is 0. The Kier molecular flexibility index (Phi) is 5.13. The van der Waals surface area contributed by atoms with Crippen LogP contribution in [0.1, 0.15) is 43.2 Å². The fourth-order valence-corrected chi connectivity index (χ4v) is 4.21. The fourth-order valence-electron chi connectivity index (χ4n) is 3.88. The molecule has 6 heteroatoms. The number of esters is 1. The van der Waals surface area contributed by atoms with Crippen LogP contribution in [-0.4, -0.2) is 29.2 Å². The maximum Gasteiger partial charge on any atom is 0.313 e. The molecule has 25 heavy (non-hydrogen) atoms. The summed E-state index contributed by atoms with van der Waals surface area (Å²) in [6, 6.07) is 3.46. The topological polar surface area (TPSA) is 63.7 Å². The van der Waals surface area contributed by atoms with Gasteiger partial charge in [0.05, 0.1) is 18.3 Å². The molecule has 0 unspecified atom stereocenters. The van der Waals surface area contributed by atoms with Crippen LogP contribution >= 0.6 is 11.6 Å². The van der Waals surface area contributed by atoms with Gasteiger partial charge in [-0.25, -0.2) is 0 Å². The molecule has 0 aromatic heterocycles. The molecule has 2 atom stereocenters. The van der Waals surface area contributed by atoms with Crippen LogP contribution in [0, 0.1) is 25.7 Å². The van der Waals surface area contributed by atoms with E-state index in [0.717, 1.165) is 36.8 Å². The molecule has 1 saturated heterocycles. The van der Waals surface area contributed by atoms with Gasteiger partial charge in [0.2, 0.25) is 11.8 Å². The first kappa shape index (κ1) is 17.9. The number of hydrogen-bond acceptors (Lipinski definition) is 4. The van der Waals surface area contributed by atoms with Crippen molar-refractivity contribution in [3.63, 3.8) is 0 Å². The summed E-state index contributed by atoms with van der Waals surface area (Å²) in [6.45, 7) is 3.73. The third kappa shape index (κ3) is 3.56. The average molecular weight is 364 g/mol. The summed E-state index contributed by atoms with van der Waals surface area (Å²) in [5.41, 5.74) is 1.55. The van der Waals surface area contributed by atoms with Crippen molar-refractivity contribution in [2.45, 2.75) is 46.0 Å². The Morgan fingerprint density at radius 1 is 1.12 bits per heavy atom. The molecule has 2 amide bonds. The molecule has 2 fully saturated rings. The lowest BCUT2D eigenvalue weighted by Crippen LogP contribution is -2.33. The molecular weight excluding hydrogens is 342 g/mol. The molecule has 1 aliphatic heterocycles. The monoisotopic (exact) mass is 363 g/mol. The van der Waals surface area contributed by atoms with Crippen molar-refractivity contribution in [3.05, 3.63) is 28.3 Å². The van der Waals surface area contributed by atoms with Crippen LogP contribution in [0.15, 0.2) is 12.1 Å². The number of nitrogens with zero attached hydrogens (tertiary/aromatic N) is 1.